The molecule has 0 saturated carbocycles. The van der Waals surface area contributed by atoms with Gasteiger partial charge in [-0.3, -0.25) is 4.79 Å². The monoisotopic (exact) mass is 269 g/mol. The Labute approximate surface area is 113 Å². The fraction of sp³-hybridized carbons (Fsp3) is 0.692. The summed E-state index contributed by atoms with van der Waals surface area (Å²) in [5.41, 5.74) is 5.69. The van der Waals surface area contributed by atoms with Gasteiger partial charge in [0.2, 0.25) is 0 Å². The van der Waals surface area contributed by atoms with Crippen LogP contribution < -0.4 is 5.73 Å². The second-order valence-corrected chi connectivity index (χ2v) is 6.57. The zero-order chi connectivity index (χ0) is 13.8. The highest BCUT2D eigenvalue weighted by molar-refractivity contribution is 7.13. The van der Waals surface area contributed by atoms with Crippen LogP contribution in [-0.2, 0) is 0 Å². The first-order valence-electron chi connectivity index (χ1n) is 6.31. The van der Waals surface area contributed by atoms with E-state index in [0.29, 0.717) is 18.0 Å². The molecule has 0 unspecified atom stereocenters. The predicted molar refractivity (Wildman–Crippen MR) is 75.9 cm³/mol. The van der Waals surface area contributed by atoms with Crippen LogP contribution in [0.1, 0.15) is 41.9 Å². The fourth-order valence-electron chi connectivity index (χ4n) is 1.72. The van der Waals surface area contributed by atoms with Gasteiger partial charge in [-0.1, -0.05) is 20.8 Å². The normalized spacial score (nSPS) is 11.6. The van der Waals surface area contributed by atoms with Crippen molar-refractivity contribution in [3.05, 3.63) is 16.1 Å². The van der Waals surface area contributed by atoms with Crippen molar-refractivity contribution in [2.75, 3.05) is 19.6 Å². The Balaban J connectivity index is 2.81. The number of nitrogens with two attached hydrogens (primary N) is 1. The highest BCUT2D eigenvalue weighted by Crippen LogP contribution is 2.19. The van der Waals surface area contributed by atoms with Crippen molar-refractivity contribution >= 4 is 17.2 Å². The van der Waals surface area contributed by atoms with Crippen LogP contribution in [0.2, 0.25) is 0 Å². The molecule has 1 amide bonds. The standard InChI is InChI=1S/C13H23N3OS/c1-5-6-16(9-13(3,4)8-14)12(17)11-7-15-10(2)18-11/h7H,5-6,8-9,14H2,1-4H3. The quantitative estimate of drug-likeness (QED) is 0.862. The second-order valence-electron chi connectivity index (χ2n) is 5.34. The summed E-state index contributed by atoms with van der Waals surface area (Å²) < 4.78 is 0. The molecular weight excluding hydrogens is 246 g/mol. The molecule has 0 fully saturated rings. The first-order chi connectivity index (χ1) is 8.39. The molecule has 0 aliphatic rings. The number of aryl methyl sites for hydroxylation is 1. The molecule has 1 rings (SSSR count). The van der Waals surface area contributed by atoms with Crippen LogP contribution in [0.5, 0.6) is 0 Å². The molecule has 5 heteroatoms. The number of aromatic nitrogens is 1. The Morgan fingerprint density at radius 2 is 2.22 bits per heavy atom. The van der Waals surface area contributed by atoms with Gasteiger partial charge in [0.25, 0.3) is 5.91 Å². The molecule has 1 aromatic heterocycles. The molecule has 0 spiro atoms. The van der Waals surface area contributed by atoms with Crippen molar-refractivity contribution in [3.8, 4) is 0 Å². The number of amides is 1. The van der Waals surface area contributed by atoms with E-state index >= 15 is 0 Å². The average Bonchev–Trinajstić information content (AvgIpc) is 2.74. The number of hydrogen-bond donors (Lipinski definition) is 1. The number of hydrogen-bond acceptors (Lipinski definition) is 4. The lowest BCUT2D eigenvalue weighted by Gasteiger charge is -2.31. The molecule has 1 aromatic rings. The molecule has 102 valence electrons. The minimum absolute atomic E-state index is 0.0510. The number of thiazole rings is 1. The number of nitrogens with zero attached hydrogens (tertiary/aromatic N) is 2. The molecule has 0 aromatic carbocycles. The van der Waals surface area contributed by atoms with Crippen molar-refractivity contribution in [3.63, 3.8) is 0 Å². The average molecular weight is 269 g/mol. The number of carbonyl (C=O) groups excluding carboxylic acids is 1. The molecule has 1 heterocycles. The summed E-state index contributed by atoms with van der Waals surface area (Å²) in [4.78, 5) is 19.1. The zero-order valence-electron chi connectivity index (χ0n) is 11.7. The Morgan fingerprint density at radius 3 is 2.67 bits per heavy atom. The lowest BCUT2D eigenvalue weighted by Crippen LogP contribution is -2.42. The van der Waals surface area contributed by atoms with E-state index in [1.165, 1.54) is 11.3 Å². The van der Waals surface area contributed by atoms with Gasteiger partial charge in [-0.25, -0.2) is 4.98 Å². The van der Waals surface area contributed by atoms with Crippen LogP contribution in [-0.4, -0.2) is 35.4 Å². The molecule has 0 radical (unpaired) electrons. The van der Waals surface area contributed by atoms with Crippen LogP contribution in [0, 0.1) is 12.3 Å². The summed E-state index contributed by atoms with van der Waals surface area (Å²) in [5.74, 6) is 0.0731. The topological polar surface area (TPSA) is 59.2 Å². The van der Waals surface area contributed by atoms with Gasteiger partial charge in [0.05, 0.1) is 11.2 Å². The van der Waals surface area contributed by atoms with Crippen LogP contribution in [0.15, 0.2) is 6.20 Å². The lowest BCUT2D eigenvalue weighted by atomic mass is 9.93. The number of rotatable bonds is 6. The Kier molecular flexibility index (Phi) is 5.28. The van der Waals surface area contributed by atoms with Gasteiger partial charge < -0.3 is 10.6 Å². The van der Waals surface area contributed by atoms with E-state index in [1.807, 2.05) is 11.8 Å². The minimum Gasteiger partial charge on any atom is -0.337 e. The molecule has 0 saturated heterocycles. The van der Waals surface area contributed by atoms with E-state index in [0.717, 1.165) is 18.0 Å². The molecule has 0 aliphatic heterocycles. The molecule has 4 nitrogen and oxygen atoms in total. The van der Waals surface area contributed by atoms with Gasteiger partial charge in [-0.2, -0.15) is 0 Å². The van der Waals surface area contributed by atoms with Crippen molar-refractivity contribution in [2.45, 2.75) is 34.1 Å². The highest BCUT2D eigenvalue weighted by Gasteiger charge is 2.24. The second kappa shape index (κ2) is 6.29. The van der Waals surface area contributed by atoms with E-state index in [4.69, 9.17) is 5.73 Å². The summed E-state index contributed by atoms with van der Waals surface area (Å²) >= 11 is 1.45. The van der Waals surface area contributed by atoms with Crippen LogP contribution in [0.4, 0.5) is 0 Å². The van der Waals surface area contributed by atoms with Gasteiger partial charge >= 0.3 is 0 Å². The van der Waals surface area contributed by atoms with Gasteiger partial charge in [0.15, 0.2) is 0 Å². The summed E-state index contributed by atoms with van der Waals surface area (Å²) in [6.45, 7) is 10.2. The molecule has 2 N–H and O–H groups in total. The van der Waals surface area contributed by atoms with E-state index in [9.17, 15) is 4.79 Å². The maximum Gasteiger partial charge on any atom is 0.265 e. The first kappa shape index (κ1) is 15.1. The Hall–Kier alpha value is -0.940. The predicted octanol–water partition coefficient (Wildman–Crippen LogP) is 2.29. The van der Waals surface area contributed by atoms with Crippen LogP contribution in [0.3, 0.4) is 0 Å². The van der Waals surface area contributed by atoms with Crippen molar-refractivity contribution in [1.29, 1.82) is 0 Å². The molecule has 0 atom stereocenters. The van der Waals surface area contributed by atoms with E-state index in [-0.39, 0.29) is 11.3 Å². The fourth-order valence-corrected chi connectivity index (χ4v) is 2.47. The van der Waals surface area contributed by atoms with Gasteiger partial charge in [0.1, 0.15) is 4.88 Å². The largest absolute Gasteiger partial charge is 0.337 e. The van der Waals surface area contributed by atoms with E-state index in [1.54, 1.807) is 6.20 Å². The van der Waals surface area contributed by atoms with Crippen LogP contribution >= 0.6 is 11.3 Å². The molecule has 0 aliphatic carbocycles. The summed E-state index contributed by atoms with van der Waals surface area (Å²) in [6, 6.07) is 0. The minimum atomic E-state index is -0.0510. The molecular formula is C13H23N3OS. The van der Waals surface area contributed by atoms with Crippen molar-refractivity contribution in [1.82, 2.24) is 9.88 Å². The van der Waals surface area contributed by atoms with E-state index in [2.05, 4.69) is 25.8 Å². The summed E-state index contributed by atoms with van der Waals surface area (Å²) in [6.07, 6.45) is 2.62. The van der Waals surface area contributed by atoms with Gasteiger partial charge in [-0.05, 0) is 25.3 Å². The maximum absolute atomic E-state index is 12.4. The third kappa shape index (κ3) is 4.07. The van der Waals surface area contributed by atoms with E-state index < -0.39 is 0 Å². The molecule has 0 bridgehead atoms. The van der Waals surface area contributed by atoms with Crippen molar-refractivity contribution < 1.29 is 4.79 Å². The zero-order valence-corrected chi connectivity index (χ0v) is 12.5. The third-order valence-electron chi connectivity index (χ3n) is 2.78. The van der Waals surface area contributed by atoms with Gasteiger partial charge in [-0.15, -0.1) is 11.3 Å². The van der Waals surface area contributed by atoms with Gasteiger partial charge in [0, 0.05) is 13.1 Å². The Morgan fingerprint density at radius 1 is 1.56 bits per heavy atom. The maximum atomic E-state index is 12.4. The smallest absolute Gasteiger partial charge is 0.265 e. The third-order valence-corrected chi connectivity index (χ3v) is 3.69. The number of carbonyl (C=O) groups is 1. The van der Waals surface area contributed by atoms with Crippen LogP contribution in [0.25, 0.3) is 0 Å². The Bertz CT molecular complexity index is 401. The first-order valence-corrected chi connectivity index (χ1v) is 7.13. The SMILES string of the molecule is CCCN(CC(C)(C)CN)C(=O)c1cnc(C)s1. The summed E-state index contributed by atoms with van der Waals surface area (Å²) in [7, 11) is 0. The summed E-state index contributed by atoms with van der Waals surface area (Å²) in [5, 5.41) is 0.924. The van der Waals surface area contributed by atoms with Crippen molar-refractivity contribution in [2.24, 2.45) is 11.1 Å². The molecule has 18 heavy (non-hydrogen) atoms. The highest BCUT2D eigenvalue weighted by atomic mass is 32.1. The lowest BCUT2D eigenvalue weighted by molar-refractivity contribution is 0.0694.